The summed E-state index contributed by atoms with van der Waals surface area (Å²) in [7, 11) is 1.71. The van der Waals surface area contributed by atoms with Crippen LogP contribution in [0.5, 0.6) is 0 Å². The highest BCUT2D eigenvalue weighted by atomic mass is 16.3. The smallest absolute Gasteiger partial charge is 0.256 e. The molecule has 0 aliphatic heterocycles. The fourth-order valence-electron chi connectivity index (χ4n) is 2.40. The van der Waals surface area contributed by atoms with Crippen molar-refractivity contribution in [3.8, 4) is 0 Å². The monoisotopic (exact) mass is 260 g/mol. The van der Waals surface area contributed by atoms with Gasteiger partial charge in [0.25, 0.3) is 5.91 Å². The Morgan fingerprint density at radius 3 is 2.63 bits per heavy atom. The molecule has 4 heteroatoms. The number of H-pyrrole nitrogens is 1. The predicted octanol–water partition coefficient (Wildman–Crippen LogP) is 2.32. The van der Waals surface area contributed by atoms with Crippen LogP contribution in [0.1, 0.15) is 29.9 Å². The number of para-hydroxylation sites is 1. The van der Waals surface area contributed by atoms with Crippen molar-refractivity contribution in [1.29, 1.82) is 0 Å². The van der Waals surface area contributed by atoms with Gasteiger partial charge in [-0.25, -0.2) is 0 Å². The normalized spacial score (nSPS) is 11.8. The second-order valence-electron chi connectivity index (χ2n) is 5.64. The lowest BCUT2D eigenvalue weighted by Gasteiger charge is -2.25. The van der Waals surface area contributed by atoms with Gasteiger partial charge >= 0.3 is 0 Å². The van der Waals surface area contributed by atoms with Crippen molar-refractivity contribution >= 4 is 16.8 Å². The third kappa shape index (κ3) is 2.79. The molecule has 0 unspecified atom stereocenters. The molecular formula is C15H20N2O2. The number of aliphatic hydroxyl groups is 1. The molecule has 2 aromatic rings. The molecule has 1 aromatic carbocycles. The van der Waals surface area contributed by atoms with E-state index < -0.39 is 5.60 Å². The van der Waals surface area contributed by atoms with Crippen molar-refractivity contribution in [3.63, 3.8) is 0 Å². The molecule has 4 nitrogen and oxygen atoms in total. The third-order valence-electron chi connectivity index (χ3n) is 3.08. The first-order chi connectivity index (χ1) is 8.79. The Hall–Kier alpha value is -1.81. The first-order valence-corrected chi connectivity index (χ1v) is 6.35. The lowest BCUT2D eigenvalue weighted by atomic mass is 10.1. The molecule has 0 aliphatic rings. The molecule has 0 saturated heterocycles. The molecule has 1 heterocycles. The van der Waals surface area contributed by atoms with Crippen LogP contribution in [0.2, 0.25) is 0 Å². The van der Waals surface area contributed by atoms with E-state index in [0.717, 1.165) is 16.6 Å². The zero-order chi connectivity index (χ0) is 14.2. The summed E-state index contributed by atoms with van der Waals surface area (Å²) in [6, 6.07) is 7.74. The van der Waals surface area contributed by atoms with Gasteiger partial charge in [0.15, 0.2) is 0 Å². The van der Waals surface area contributed by atoms with Gasteiger partial charge in [-0.05, 0) is 26.8 Å². The summed E-state index contributed by atoms with van der Waals surface area (Å²) < 4.78 is 0. The number of aromatic nitrogens is 1. The first kappa shape index (κ1) is 13.6. The lowest BCUT2D eigenvalue weighted by molar-refractivity contribution is 0.0368. The molecule has 1 amide bonds. The number of fused-ring (bicyclic) bond motifs is 1. The van der Waals surface area contributed by atoms with E-state index in [-0.39, 0.29) is 5.91 Å². The van der Waals surface area contributed by atoms with Gasteiger partial charge in [-0.15, -0.1) is 0 Å². The summed E-state index contributed by atoms with van der Waals surface area (Å²) in [5, 5.41) is 10.7. The molecule has 0 fully saturated rings. The fourth-order valence-corrected chi connectivity index (χ4v) is 2.40. The molecule has 0 spiro atoms. The number of rotatable bonds is 3. The quantitative estimate of drug-likeness (QED) is 0.889. The fraction of sp³-hybridized carbons (Fsp3) is 0.400. The van der Waals surface area contributed by atoms with E-state index in [2.05, 4.69) is 4.98 Å². The van der Waals surface area contributed by atoms with Crippen LogP contribution in [-0.4, -0.2) is 40.1 Å². The van der Waals surface area contributed by atoms with E-state index in [4.69, 9.17) is 0 Å². The number of nitrogens with one attached hydrogen (secondary N) is 1. The van der Waals surface area contributed by atoms with Crippen molar-refractivity contribution in [2.24, 2.45) is 0 Å². The minimum absolute atomic E-state index is 0.0722. The van der Waals surface area contributed by atoms with Crippen LogP contribution < -0.4 is 0 Å². The molecule has 1 aromatic heterocycles. The number of carbonyl (C=O) groups is 1. The molecule has 0 bridgehead atoms. The highest BCUT2D eigenvalue weighted by molar-refractivity contribution is 6.08. The van der Waals surface area contributed by atoms with E-state index in [9.17, 15) is 9.90 Å². The van der Waals surface area contributed by atoms with Crippen LogP contribution in [0.3, 0.4) is 0 Å². The number of hydrogen-bond donors (Lipinski definition) is 2. The molecular weight excluding hydrogens is 240 g/mol. The largest absolute Gasteiger partial charge is 0.389 e. The molecule has 2 N–H and O–H groups in total. The lowest BCUT2D eigenvalue weighted by Crippen LogP contribution is -2.39. The number of aromatic amines is 1. The van der Waals surface area contributed by atoms with Gasteiger partial charge in [0.2, 0.25) is 0 Å². The van der Waals surface area contributed by atoms with E-state index in [1.165, 1.54) is 0 Å². The van der Waals surface area contributed by atoms with Gasteiger partial charge in [-0.1, -0.05) is 18.2 Å². The van der Waals surface area contributed by atoms with Crippen LogP contribution >= 0.6 is 0 Å². The summed E-state index contributed by atoms with van der Waals surface area (Å²) in [5.74, 6) is -0.0722. The predicted molar refractivity (Wildman–Crippen MR) is 76.3 cm³/mol. The number of amides is 1. The number of benzene rings is 1. The second-order valence-corrected chi connectivity index (χ2v) is 5.64. The number of hydrogen-bond acceptors (Lipinski definition) is 2. The molecule has 0 atom stereocenters. The summed E-state index contributed by atoms with van der Waals surface area (Å²) in [5.41, 5.74) is 1.60. The standard InChI is InChI=1S/C15H20N2O2/c1-10-13(11-7-5-6-8-12(11)16-10)14(18)17(4)9-15(2,3)19/h5-8,16,19H,9H2,1-4H3. The van der Waals surface area contributed by atoms with Crippen LogP contribution in [0, 0.1) is 6.92 Å². The van der Waals surface area contributed by atoms with Gasteiger partial charge in [0.05, 0.1) is 11.2 Å². The average molecular weight is 260 g/mol. The van der Waals surface area contributed by atoms with E-state index in [0.29, 0.717) is 12.1 Å². The molecule has 19 heavy (non-hydrogen) atoms. The topological polar surface area (TPSA) is 56.3 Å². The van der Waals surface area contributed by atoms with Crippen molar-refractivity contribution < 1.29 is 9.90 Å². The number of carbonyl (C=O) groups excluding carboxylic acids is 1. The minimum atomic E-state index is -0.898. The van der Waals surface area contributed by atoms with Gasteiger partial charge < -0.3 is 15.0 Å². The Balaban J connectivity index is 2.39. The van der Waals surface area contributed by atoms with Crippen molar-refractivity contribution in [2.75, 3.05) is 13.6 Å². The number of nitrogens with zero attached hydrogens (tertiary/aromatic N) is 1. The Labute approximate surface area is 113 Å². The summed E-state index contributed by atoms with van der Waals surface area (Å²) in [6.45, 7) is 5.58. The third-order valence-corrected chi connectivity index (χ3v) is 3.08. The summed E-state index contributed by atoms with van der Waals surface area (Å²) in [6.07, 6.45) is 0. The van der Waals surface area contributed by atoms with Crippen LogP contribution in [0.4, 0.5) is 0 Å². The van der Waals surface area contributed by atoms with E-state index in [1.807, 2.05) is 31.2 Å². The maximum atomic E-state index is 12.5. The van der Waals surface area contributed by atoms with Gasteiger partial charge in [-0.3, -0.25) is 4.79 Å². The van der Waals surface area contributed by atoms with Crippen molar-refractivity contribution in [1.82, 2.24) is 9.88 Å². The molecule has 0 radical (unpaired) electrons. The summed E-state index contributed by atoms with van der Waals surface area (Å²) in [4.78, 5) is 17.3. The van der Waals surface area contributed by atoms with Crippen molar-refractivity contribution in [3.05, 3.63) is 35.5 Å². The van der Waals surface area contributed by atoms with Crippen molar-refractivity contribution in [2.45, 2.75) is 26.4 Å². The number of aryl methyl sites for hydroxylation is 1. The van der Waals surface area contributed by atoms with Gasteiger partial charge in [0.1, 0.15) is 0 Å². The molecule has 0 saturated carbocycles. The zero-order valence-corrected chi connectivity index (χ0v) is 11.8. The highest BCUT2D eigenvalue weighted by Crippen LogP contribution is 2.23. The van der Waals surface area contributed by atoms with Crippen LogP contribution in [-0.2, 0) is 0 Å². The molecule has 0 aliphatic carbocycles. The molecule has 2 rings (SSSR count). The van der Waals surface area contributed by atoms with E-state index >= 15 is 0 Å². The van der Waals surface area contributed by atoms with Gasteiger partial charge in [-0.2, -0.15) is 0 Å². The van der Waals surface area contributed by atoms with Gasteiger partial charge in [0, 0.05) is 30.2 Å². The zero-order valence-electron chi connectivity index (χ0n) is 11.8. The highest BCUT2D eigenvalue weighted by Gasteiger charge is 2.23. The van der Waals surface area contributed by atoms with E-state index in [1.54, 1.807) is 25.8 Å². The second kappa shape index (κ2) is 4.70. The average Bonchev–Trinajstić information content (AvgIpc) is 2.61. The Bertz CT molecular complexity index is 608. The van der Waals surface area contributed by atoms with Crippen LogP contribution in [0.15, 0.2) is 24.3 Å². The maximum Gasteiger partial charge on any atom is 0.256 e. The first-order valence-electron chi connectivity index (χ1n) is 6.35. The molecule has 102 valence electrons. The summed E-state index contributed by atoms with van der Waals surface area (Å²) >= 11 is 0. The Morgan fingerprint density at radius 1 is 1.37 bits per heavy atom. The Kier molecular flexibility index (Phi) is 3.37. The minimum Gasteiger partial charge on any atom is -0.389 e. The maximum absolute atomic E-state index is 12.5. The Morgan fingerprint density at radius 2 is 2.00 bits per heavy atom. The SMILES string of the molecule is Cc1[nH]c2ccccc2c1C(=O)N(C)CC(C)(C)O. The number of likely N-dealkylation sites (N-methyl/N-ethyl adjacent to an activating group) is 1. The van der Waals surface area contributed by atoms with Crippen LogP contribution in [0.25, 0.3) is 10.9 Å².